The smallest absolute Gasteiger partial charge is 0.338 e. The highest BCUT2D eigenvalue weighted by Crippen LogP contribution is 2.32. The zero-order valence-corrected chi connectivity index (χ0v) is 14.5. The van der Waals surface area contributed by atoms with Gasteiger partial charge in [-0.2, -0.15) is 0 Å². The fraction of sp³-hybridized carbons (Fsp3) is 0.111. The molecule has 2 aromatic carbocycles. The van der Waals surface area contributed by atoms with Gasteiger partial charge < -0.3 is 15.4 Å². The fourth-order valence-electron chi connectivity index (χ4n) is 2.66. The molecule has 1 unspecified atom stereocenters. The molecule has 0 spiro atoms. The first-order valence-electron chi connectivity index (χ1n) is 7.31. The van der Waals surface area contributed by atoms with Gasteiger partial charge in [-0.3, -0.25) is 0 Å². The zero-order valence-electron chi connectivity index (χ0n) is 12.9. The Hall–Kier alpha value is -2.60. The van der Waals surface area contributed by atoms with E-state index >= 15 is 0 Å². The number of methoxy groups -OCH3 is 1. The van der Waals surface area contributed by atoms with E-state index in [1.54, 1.807) is 0 Å². The lowest BCUT2D eigenvalue weighted by Crippen LogP contribution is -2.45. The molecule has 3 rings (SSSR count). The summed E-state index contributed by atoms with van der Waals surface area (Å²) in [4.78, 5) is 24.6. The Labute approximate surface area is 147 Å². The number of hydrogen-bond donors (Lipinski definition) is 2. The van der Waals surface area contributed by atoms with Gasteiger partial charge in [-0.15, -0.1) is 0 Å². The normalized spacial score (nSPS) is 17.1. The van der Waals surface area contributed by atoms with Crippen molar-refractivity contribution < 1.29 is 14.3 Å². The maximum atomic E-state index is 12.4. The van der Waals surface area contributed by atoms with Crippen LogP contribution in [0.5, 0.6) is 0 Å². The van der Waals surface area contributed by atoms with E-state index in [2.05, 4.69) is 26.6 Å². The molecule has 0 fully saturated rings. The molecule has 1 heterocycles. The molecule has 0 saturated carbocycles. The van der Waals surface area contributed by atoms with Crippen molar-refractivity contribution in [1.82, 2.24) is 10.6 Å². The number of benzene rings is 2. The maximum Gasteiger partial charge on any atom is 0.338 e. The molecule has 0 aromatic heterocycles. The molecule has 1 aliphatic heterocycles. The summed E-state index contributed by atoms with van der Waals surface area (Å²) < 4.78 is 5.82. The molecule has 2 aromatic rings. The van der Waals surface area contributed by atoms with E-state index in [0.29, 0.717) is 11.3 Å². The number of rotatable bonds is 3. The van der Waals surface area contributed by atoms with Gasteiger partial charge >= 0.3 is 12.0 Å². The van der Waals surface area contributed by atoms with Gasteiger partial charge in [0.25, 0.3) is 0 Å². The molecular formula is C18H15BrN2O3. The third-order valence-electron chi connectivity index (χ3n) is 3.72. The van der Waals surface area contributed by atoms with E-state index in [4.69, 9.17) is 4.74 Å². The third kappa shape index (κ3) is 3.19. The van der Waals surface area contributed by atoms with Crippen molar-refractivity contribution >= 4 is 33.6 Å². The number of nitrogens with one attached hydrogen (secondary N) is 2. The van der Waals surface area contributed by atoms with Crippen LogP contribution < -0.4 is 10.6 Å². The second kappa shape index (κ2) is 6.88. The van der Waals surface area contributed by atoms with Gasteiger partial charge in [0, 0.05) is 4.47 Å². The van der Waals surface area contributed by atoms with Crippen LogP contribution in [0.15, 0.2) is 64.6 Å². The summed E-state index contributed by atoms with van der Waals surface area (Å²) in [5.74, 6) is -0.494. The summed E-state index contributed by atoms with van der Waals surface area (Å²) in [5, 5.41) is 5.52. The van der Waals surface area contributed by atoms with Crippen LogP contribution in [-0.2, 0) is 9.53 Å². The molecule has 0 bridgehead atoms. The third-order valence-corrected chi connectivity index (χ3v) is 4.22. The minimum atomic E-state index is -0.598. The number of carbonyl (C=O) groups excluding carboxylic acids is 2. The number of amides is 2. The molecule has 0 aliphatic carbocycles. The van der Waals surface area contributed by atoms with E-state index in [0.717, 1.165) is 15.6 Å². The molecule has 0 saturated heterocycles. The number of hydrogen-bond acceptors (Lipinski definition) is 3. The Balaban J connectivity index is 2.20. The molecule has 2 amide bonds. The minimum absolute atomic E-state index is 0.362. The van der Waals surface area contributed by atoms with E-state index in [1.807, 2.05) is 54.6 Å². The number of halogens is 1. The van der Waals surface area contributed by atoms with Gasteiger partial charge in [0.15, 0.2) is 0 Å². The summed E-state index contributed by atoms with van der Waals surface area (Å²) in [5.41, 5.74) is 2.35. The molecule has 1 atom stereocenters. The van der Waals surface area contributed by atoms with Crippen molar-refractivity contribution in [2.24, 2.45) is 0 Å². The number of urea groups is 1. The summed E-state index contributed by atoms with van der Waals surface area (Å²) >= 11 is 3.42. The first-order valence-corrected chi connectivity index (χ1v) is 8.10. The van der Waals surface area contributed by atoms with Crippen LogP contribution in [0.25, 0.3) is 5.70 Å². The van der Waals surface area contributed by atoms with Crippen molar-refractivity contribution in [1.29, 1.82) is 0 Å². The quantitative estimate of drug-likeness (QED) is 0.794. The SMILES string of the molecule is COC(=O)C1=C(c2ccccc2)NC(=O)NC1c1cccc(Br)c1. The molecule has 0 radical (unpaired) electrons. The predicted octanol–water partition coefficient (Wildman–Crippen LogP) is 3.39. The van der Waals surface area contributed by atoms with Crippen LogP contribution in [0.2, 0.25) is 0 Å². The van der Waals surface area contributed by atoms with Crippen LogP contribution in [0.1, 0.15) is 17.2 Å². The average Bonchev–Trinajstić information content (AvgIpc) is 2.61. The van der Waals surface area contributed by atoms with Crippen LogP contribution in [0, 0.1) is 0 Å². The Kier molecular flexibility index (Phi) is 4.66. The van der Waals surface area contributed by atoms with E-state index in [1.165, 1.54) is 7.11 Å². The molecule has 6 heteroatoms. The first-order chi connectivity index (χ1) is 11.6. The minimum Gasteiger partial charge on any atom is -0.466 e. The zero-order chi connectivity index (χ0) is 17.1. The van der Waals surface area contributed by atoms with Gasteiger partial charge in [-0.1, -0.05) is 58.4 Å². The Morgan fingerprint density at radius 1 is 1.12 bits per heavy atom. The molecule has 122 valence electrons. The number of ether oxygens (including phenoxy) is 1. The number of carbonyl (C=O) groups is 2. The Morgan fingerprint density at radius 2 is 1.88 bits per heavy atom. The molecule has 2 N–H and O–H groups in total. The van der Waals surface area contributed by atoms with Gasteiger partial charge in [0.2, 0.25) is 0 Å². The maximum absolute atomic E-state index is 12.4. The molecule has 24 heavy (non-hydrogen) atoms. The Bertz CT molecular complexity index is 818. The van der Waals surface area contributed by atoms with Crippen LogP contribution in [0.3, 0.4) is 0 Å². The van der Waals surface area contributed by atoms with Crippen molar-refractivity contribution in [2.45, 2.75) is 6.04 Å². The lowest BCUT2D eigenvalue weighted by atomic mass is 9.93. The van der Waals surface area contributed by atoms with Gasteiger partial charge in [0.1, 0.15) is 0 Å². The summed E-state index contributed by atoms with van der Waals surface area (Å²) in [6, 6.07) is 15.7. The highest BCUT2D eigenvalue weighted by atomic mass is 79.9. The van der Waals surface area contributed by atoms with Gasteiger partial charge in [-0.25, -0.2) is 9.59 Å². The number of esters is 1. The standard InChI is InChI=1S/C18H15BrN2O3/c1-24-17(22)14-15(11-6-3-2-4-7-11)20-18(23)21-16(14)12-8-5-9-13(19)10-12/h2-10,16H,1H3,(H2,20,21,23). The molecule has 5 nitrogen and oxygen atoms in total. The highest BCUT2D eigenvalue weighted by molar-refractivity contribution is 9.10. The summed E-state index contributed by atoms with van der Waals surface area (Å²) in [6.45, 7) is 0. The van der Waals surface area contributed by atoms with Crippen molar-refractivity contribution in [2.75, 3.05) is 7.11 Å². The second-order valence-electron chi connectivity index (χ2n) is 5.23. The summed E-state index contributed by atoms with van der Waals surface area (Å²) in [7, 11) is 1.33. The first kappa shape index (κ1) is 16.3. The van der Waals surface area contributed by atoms with Gasteiger partial charge in [0.05, 0.1) is 24.4 Å². The van der Waals surface area contributed by atoms with Crippen molar-refractivity contribution in [3.63, 3.8) is 0 Å². The monoisotopic (exact) mass is 386 g/mol. The van der Waals surface area contributed by atoms with E-state index in [9.17, 15) is 9.59 Å². The van der Waals surface area contributed by atoms with Crippen molar-refractivity contribution in [3.05, 3.63) is 75.8 Å². The van der Waals surface area contributed by atoms with Crippen LogP contribution in [0.4, 0.5) is 4.79 Å². The lowest BCUT2D eigenvalue weighted by Gasteiger charge is -2.29. The van der Waals surface area contributed by atoms with Crippen molar-refractivity contribution in [3.8, 4) is 0 Å². The molecular weight excluding hydrogens is 372 g/mol. The molecule has 1 aliphatic rings. The predicted molar refractivity (Wildman–Crippen MR) is 93.9 cm³/mol. The Morgan fingerprint density at radius 3 is 2.54 bits per heavy atom. The van der Waals surface area contributed by atoms with Crippen LogP contribution >= 0.6 is 15.9 Å². The highest BCUT2D eigenvalue weighted by Gasteiger charge is 2.34. The van der Waals surface area contributed by atoms with Crippen LogP contribution in [-0.4, -0.2) is 19.1 Å². The fourth-order valence-corrected chi connectivity index (χ4v) is 3.08. The summed E-state index contributed by atoms with van der Waals surface area (Å²) in [6.07, 6.45) is 0. The average molecular weight is 387 g/mol. The topological polar surface area (TPSA) is 67.4 Å². The van der Waals surface area contributed by atoms with E-state index in [-0.39, 0.29) is 6.03 Å². The van der Waals surface area contributed by atoms with Gasteiger partial charge in [-0.05, 0) is 23.3 Å². The second-order valence-corrected chi connectivity index (χ2v) is 6.15. The van der Waals surface area contributed by atoms with E-state index < -0.39 is 12.0 Å². The lowest BCUT2D eigenvalue weighted by molar-refractivity contribution is -0.136. The largest absolute Gasteiger partial charge is 0.466 e.